The Balaban J connectivity index is 1.63. The van der Waals surface area contributed by atoms with Crippen molar-refractivity contribution in [3.63, 3.8) is 0 Å². The molecule has 0 atom stereocenters. The molecule has 0 bridgehead atoms. The average molecular weight is 371 g/mol. The summed E-state index contributed by atoms with van der Waals surface area (Å²) in [6, 6.07) is 15.1. The minimum Gasteiger partial charge on any atom is -0.484 e. The SMILES string of the molecule is COC(=O)C1(c2ccccc2)CCN(C(=O)COc2ccc(F)cc2)CC1. The van der Waals surface area contributed by atoms with Crippen LogP contribution in [0.5, 0.6) is 5.75 Å². The lowest BCUT2D eigenvalue weighted by molar-refractivity contribution is -0.151. The third-order valence-corrected chi connectivity index (χ3v) is 5.05. The van der Waals surface area contributed by atoms with Crippen molar-refractivity contribution < 1.29 is 23.5 Å². The molecule has 27 heavy (non-hydrogen) atoms. The molecule has 0 radical (unpaired) electrons. The Kier molecular flexibility index (Phi) is 5.74. The van der Waals surface area contributed by atoms with E-state index in [4.69, 9.17) is 9.47 Å². The molecule has 0 aliphatic carbocycles. The second-order valence-corrected chi connectivity index (χ2v) is 6.56. The number of piperidine rings is 1. The number of carbonyl (C=O) groups is 2. The van der Waals surface area contributed by atoms with Gasteiger partial charge in [-0.2, -0.15) is 0 Å². The first-order valence-corrected chi connectivity index (χ1v) is 8.85. The van der Waals surface area contributed by atoms with E-state index in [9.17, 15) is 14.0 Å². The Bertz CT molecular complexity index is 784. The van der Waals surface area contributed by atoms with Gasteiger partial charge in [0.05, 0.1) is 12.5 Å². The van der Waals surface area contributed by atoms with Gasteiger partial charge in [-0.05, 0) is 42.7 Å². The van der Waals surface area contributed by atoms with Crippen LogP contribution in [0.25, 0.3) is 0 Å². The number of ether oxygens (including phenoxy) is 2. The fraction of sp³-hybridized carbons (Fsp3) is 0.333. The fourth-order valence-electron chi connectivity index (χ4n) is 3.47. The molecule has 1 aliphatic heterocycles. The predicted molar refractivity (Wildman–Crippen MR) is 97.8 cm³/mol. The molecule has 1 fully saturated rings. The largest absolute Gasteiger partial charge is 0.484 e. The number of nitrogens with zero attached hydrogens (tertiary/aromatic N) is 1. The van der Waals surface area contributed by atoms with Crippen molar-refractivity contribution in [2.75, 3.05) is 26.8 Å². The highest BCUT2D eigenvalue weighted by molar-refractivity contribution is 5.84. The van der Waals surface area contributed by atoms with Gasteiger partial charge in [0, 0.05) is 13.1 Å². The third-order valence-electron chi connectivity index (χ3n) is 5.05. The van der Waals surface area contributed by atoms with E-state index in [-0.39, 0.29) is 24.3 Å². The van der Waals surface area contributed by atoms with E-state index in [1.54, 1.807) is 4.90 Å². The molecular formula is C21H22FNO4. The standard InChI is InChI=1S/C21H22FNO4/c1-26-20(25)21(16-5-3-2-4-6-16)11-13-23(14-12-21)19(24)15-27-18-9-7-17(22)8-10-18/h2-10H,11-15H2,1H3. The summed E-state index contributed by atoms with van der Waals surface area (Å²) in [6.07, 6.45) is 0.984. The fourth-order valence-corrected chi connectivity index (χ4v) is 3.47. The highest BCUT2D eigenvalue weighted by Gasteiger charge is 2.44. The Morgan fingerprint density at radius 1 is 1.04 bits per heavy atom. The van der Waals surface area contributed by atoms with E-state index in [1.165, 1.54) is 31.4 Å². The second kappa shape index (κ2) is 8.20. The Hall–Kier alpha value is -2.89. The molecule has 5 nitrogen and oxygen atoms in total. The van der Waals surface area contributed by atoms with Gasteiger partial charge in [-0.15, -0.1) is 0 Å². The normalized spacial score (nSPS) is 15.9. The zero-order valence-corrected chi connectivity index (χ0v) is 15.2. The highest BCUT2D eigenvalue weighted by atomic mass is 19.1. The van der Waals surface area contributed by atoms with Gasteiger partial charge in [-0.1, -0.05) is 30.3 Å². The van der Waals surface area contributed by atoms with E-state index in [0.29, 0.717) is 31.7 Å². The van der Waals surface area contributed by atoms with Crippen molar-refractivity contribution in [1.29, 1.82) is 0 Å². The van der Waals surface area contributed by atoms with Gasteiger partial charge in [-0.3, -0.25) is 9.59 Å². The van der Waals surface area contributed by atoms with E-state index in [2.05, 4.69) is 0 Å². The summed E-state index contributed by atoms with van der Waals surface area (Å²) in [7, 11) is 1.39. The highest BCUT2D eigenvalue weighted by Crippen LogP contribution is 2.36. The molecule has 6 heteroatoms. The topological polar surface area (TPSA) is 55.8 Å². The van der Waals surface area contributed by atoms with Crippen molar-refractivity contribution in [2.45, 2.75) is 18.3 Å². The van der Waals surface area contributed by atoms with Gasteiger partial charge in [0.1, 0.15) is 11.6 Å². The number of benzene rings is 2. The van der Waals surface area contributed by atoms with E-state index < -0.39 is 5.41 Å². The number of amides is 1. The minimum absolute atomic E-state index is 0.123. The zero-order valence-electron chi connectivity index (χ0n) is 15.2. The van der Waals surface area contributed by atoms with Crippen LogP contribution in [0.3, 0.4) is 0 Å². The predicted octanol–water partition coefficient (Wildman–Crippen LogP) is 2.94. The summed E-state index contributed by atoms with van der Waals surface area (Å²) in [5, 5.41) is 0. The molecule has 1 heterocycles. The van der Waals surface area contributed by atoms with Gasteiger partial charge in [0.15, 0.2) is 6.61 Å². The molecule has 1 aliphatic rings. The van der Waals surface area contributed by atoms with Crippen molar-refractivity contribution in [3.8, 4) is 5.75 Å². The van der Waals surface area contributed by atoms with Crippen molar-refractivity contribution in [3.05, 3.63) is 66.0 Å². The van der Waals surface area contributed by atoms with Gasteiger partial charge in [0.2, 0.25) is 0 Å². The Morgan fingerprint density at radius 3 is 2.26 bits per heavy atom. The number of esters is 1. The number of likely N-dealkylation sites (tertiary alicyclic amines) is 1. The summed E-state index contributed by atoms with van der Waals surface area (Å²) < 4.78 is 23.4. The summed E-state index contributed by atoms with van der Waals surface area (Å²) >= 11 is 0. The molecule has 0 spiro atoms. The Labute approximate surface area is 157 Å². The second-order valence-electron chi connectivity index (χ2n) is 6.56. The molecule has 0 saturated carbocycles. The maximum Gasteiger partial charge on any atom is 0.316 e. The van der Waals surface area contributed by atoms with Crippen LogP contribution in [0.4, 0.5) is 4.39 Å². The van der Waals surface area contributed by atoms with Crippen LogP contribution in [0, 0.1) is 5.82 Å². The molecule has 1 saturated heterocycles. The maximum absolute atomic E-state index is 12.9. The van der Waals surface area contributed by atoms with Crippen LogP contribution >= 0.6 is 0 Å². The summed E-state index contributed by atoms with van der Waals surface area (Å²) in [4.78, 5) is 26.6. The van der Waals surface area contributed by atoms with Crippen LogP contribution < -0.4 is 4.74 Å². The van der Waals surface area contributed by atoms with Crippen molar-refractivity contribution in [2.24, 2.45) is 0 Å². The number of carbonyl (C=O) groups excluding carboxylic acids is 2. The first-order valence-electron chi connectivity index (χ1n) is 8.85. The van der Waals surface area contributed by atoms with E-state index in [1.807, 2.05) is 30.3 Å². The molecule has 3 rings (SSSR count). The molecule has 0 aromatic heterocycles. The van der Waals surface area contributed by atoms with Gasteiger partial charge in [0.25, 0.3) is 5.91 Å². The van der Waals surface area contributed by atoms with E-state index >= 15 is 0 Å². The number of hydrogen-bond donors (Lipinski definition) is 0. The van der Waals surface area contributed by atoms with Crippen LogP contribution in [-0.2, 0) is 19.7 Å². The van der Waals surface area contributed by atoms with Crippen molar-refractivity contribution >= 4 is 11.9 Å². The average Bonchev–Trinajstić information content (AvgIpc) is 2.73. The smallest absolute Gasteiger partial charge is 0.316 e. The summed E-state index contributed by atoms with van der Waals surface area (Å²) in [6.45, 7) is 0.757. The van der Waals surface area contributed by atoms with E-state index in [0.717, 1.165) is 5.56 Å². The molecule has 2 aromatic rings. The van der Waals surface area contributed by atoms with Gasteiger partial charge in [-0.25, -0.2) is 4.39 Å². The minimum atomic E-state index is -0.732. The molecular weight excluding hydrogens is 349 g/mol. The zero-order chi connectivity index (χ0) is 19.3. The number of rotatable bonds is 5. The first-order chi connectivity index (χ1) is 13.0. The number of hydrogen-bond acceptors (Lipinski definition) is 4. The maximum atomic E-state index is 12.9. The summed E-state index contributed by atoms with van der Waals surface area (Å²) in [5.41, 5.74) is 0.177. The number of methoxy groups -OCH3 is 1. The lowest BCUT2D eigenvalue weighted by Gasteiger charge is -2.40. The van der Waals surface area contributed by atoms with Gasteiger partial charge >= 0.3 is 5.97 Å². The third kappa shape index (κ3) is 4.10. The van der Waals surface area contributed by atoms with Crippen LogP contribution in [-0.4, -0.2) is 43.6 Å². The molecule has 142 valence electrons. The van der Waals surface area contributed by atoms with Crippen LogP contribution in [0.2, 0.25) is 0 Å². The lowest BCUT2D eigenvalue weighted by atomic mass is 9.72. The molecule has 1 amide bonds. The van der Waals surface area contributed by atoms with Crippen LogP contribution in [0.1, 0.15) is 18.4 Å². The van der Waals surface area contributed by atoms with Crippen LogP contribution in [0.15, 0.2) is 54.6 Å². The first kappa shape index (κ1) is 18.9. The van der Waals surface area contributed by atoms with Gasteiger partial charge < -0.3 is 14.4 Å². The molecule has 0 unspecified atom stereocenters. The van der Waals surface area contributed by atoms with Crippen molar-refractivity contribution in [1.82, 2.24) is 4.90 Å². The lowest BCUT2D eigenvalue weighted by Crippen LogP contribution is -2.50. The Morgan fingerprint density at radius 2 is 1.67 bits per heavy atom. The molecule has 2 aromatic carbocycles. The monoisotopic (exact) mass is 371 g/mol. The quantitative estimate of drug-likeness (QED) is 0.759. The molecule has 0 N–H and O–H groups in total. The summed E-state index contributed by atoms with van der Waals surface area (Å²) in [5.74, 6) is -0.353. The number of halogens is 1.